The molecule has 0 bridgehead atoms. The molecular weight excluding hydrogens is 354 g/mol. The van der Waals surface area contributed by atoms with Crippen molar-refractivity contribution in [3.63, 3.8) is 0 Å². The van der Waals surface area contributed by atoms with Crippen molar-refractivity contribution in [1.29, 1.82) is 0 Å². The zero-order valence-electron chi connectivity index (χ0n) is 14.3. The lowest BCUT2D eigenvalue weighted by Crippen LogP contribution is -2.11. The smallest absolute Gasteiger partial charge is 0.227 e. The molecular formula is C18H19N3O4S. The molecule has 0 spiro atoms. The Kier molecular flexibility index (Phi) is 4.47. The molecule has 3 aromatic rings. The predicted molar refractivity (Wildman–Crippen MR) is 96.4 cm³/mol. The van der Waals surface area contributed by atoms with Crippen LogP contribution in [0.4, 0.5) is 0 Å². The third-order valence-corrected chi connectivity index (χ3v) is 5.20. The zero-order valence-corrected chi connectivity index (χ0v) is 15.1. The summed E-state index contributed by atoms with van der Waals surface area (Å²) in [6.07, 6.45) is 3.91. The molecule has 1 aliphatic heterocycles. The molecule has 1 saturated heterocycles. The summed E-state index contributed by atoms with van der Waals surface area (Å²) in [7, 11) is -3.40. The van der Waals surface area contributed by atoms with Crippen molar-refractivity contribution in [3.05, 3.63) is 42.1 Å². The molecule has 1 fully saturated rings. The average molecular weight is 373 g/mol. The van der Waals surface area contributed by atoms with Crippen LogP contribution in [0.5, 0.6) is 0 Å². The van der Waals surface area contributed by atoms with Crippen molar-refractivity contribution in [3.8, 4) is 11.1 Å². The van der Waals surface area contributed by atoms with Gasteiger partial charge in [-0.3, -0.25) is 0 Å². The first-order chi connectivity index (χ1) is 12.5. The second kappa shape index (κ2) is 6.79. The first-order valence-electron chi connectivity index (χ1n) is 8.33. The number of H-pyrrole nitrogens is 1. The van der Waals surface area contributed by atoms with Gasteiger partial charge in [0.15, 0.2) is 5.65 Å². The van der Waals surface area contributed by atoms with Gasteiger partial charge in [-0.1, -0.05) is 18.2 Å². The number of nitrogens with one attached hydrogen (secondary N) is 1. The fourth-order valence-corrected chi connectivity index (χ4v) is 3.46. The lowest BCUT2D eigenvalue weighted by atomic mass is 10.0. The van der Waals surface area contributed by atoms with Crippen LogP contribution < -0.4 is 0 Å². The maximum absolute atomic E-state index is 11.6. The molecule has 2 aromatic heterocycles. The average Bonchev–Trinajstić information content (AvgIpc) is 3.28. The van der Waals surface area contributed by atoms with Gasteiger partial charge in [0.25, 0.3) is 0 Å². The highest BCUT2D eigenvalue weighted by Crippen LogP contribution is 2.24. The van der Waals surface area contributed by atoms with Crippen LogP contribution in [0.2, 0.25) is 0 Å². The quantitative estimate of drug-likeness (QED) is 0.738. The Labute approximate surface area is 151 Å². The van der Waals surface area contributed by atoms with E-state index < -0.39 is 9.84 Å². The number of pyridine rings is 1. The topological polar surface area (TPSA) is 94.2 Å². The number of imidazole rings is 1. The van der Waals surface area contributed by atoms with E-state index in [9.17, 15) is 8.42 Å². The largest absolute Gasteiger partial charge is 0.379 e. The number of ether oxygens (including phenoxy) is 2. The second-order valence-electron chi connectivity index (χ2n) is 6.41. The van der Waals surface area contributed by atoms with Crippen molar-refractivity contribution >= 4 is 21.0 Å². The van der Waals surface area contributed by atoms with E-state index in [1.165, 1.54) is 0 Å². The number of nitrogens with zero attached hydrogens (tertiary/aromatic N) is 2. The Balaban J connectivity index is 1.59. The number of hydrogen-bond acceptors (Lipinski definition) is 6. The number of fused-ring (bicyclic) bond motifs is 1. The van der Waals surface area contributed by atoms with Crippen LogP contribution in [0.1, 0.15) is 12.0 Å². The summed E-state index contributed by atoms with van der Waals surface area (Å²) in [5, 5.41) is -0.0712. The Hall–Kier alpha value is -2.29. The van der Waals surface area contributed by atoms with Crippen molar-refractivity contribution in [1.82, 2.24) is 15.0 Å². The number of aromatic nitrogens is 3. The zero-order chi connectivity index (χ0) is 18.1. The number of rotatable bonds is 5. The molecule has 0 saturated carbocycles. The SMILES string of the molecule is CS(=O)(=O)c1nc2ncc(-c3cccc(COC4CCOC4)c3)cc2[nH]1. The third kappa shape index (κ3) is 3.62. The highest BCUT2D eigenvalue weighted by molar-refractivity contribution is 7.90. The second-order valence-corrected chi connectivity index (χ2v) is 8.34. The third-order valence-electron chi connectivity index (χ3n) is 4.30. The molecule has 0 aliphatic carbocycles. The van der Waals surface area contributed by atoms with Gasteiger partial charge in [-0.05, 0) is 29.7 Å². The van der Waals surface area contributed by atoms with Crippen LogP contribution in [0.25, 0.3) is 22.3 Å². The number of benzene rings is 1. The van der Waals surface area contributed by atoms with Crippen molar-refractivity contribution in [2.24, 2.45) is 0 Å². The standard InChI is InChI=1S/C18H19N3O4S/c1-26(22,23)18-20-16-8-14(9-19-17(16)21-18)13-4-2-3-12(7-13)10-25-15-5-6-24-11-15/h2-4,7-9,15H,5-6,10-11H2,1H3,(H,19,20,21). The van der Waals surface area contributed by atoms with Gasteiger partial charge in [-0.25, -0.2) is 13.4 Å². The van der Waals surface area contributed by atoms with Gasteiger partial charge in [0.1, 0.15) is 0 Å². The van der Waals surface area contributed by atoms with Crippen LogP contribution in [-0.2, 0) is 25.9 Å². The lowest BCUT2D eigenvalue weighted by molar-refractivity contribution is 0.0318. The highest BCUT2D eigenvalue weighted by Gasteiger charge is 2.16. The van der Waals surface area contributed by atoms with Crippen LogP contribution in [0.3, 0.4) is 0 Å². The van der Waals surface area contributed by atoms with E-state index in [2.05, 4.69) is 15.0 Å². The van der Waals surface area contributed by atoms with Gasteiger partial charge in [-0.15, -0.1) is 0 Å². The summed E-state index contributed by atoms with van der Waals surface area (Å²) in [4.78, 5) is 11.1. The Morgan fingerprint density at radius 3 is 2.96 bits per heavy atom. The molecule has 0 amide bonds. The van der Waals surface area contributed by atoms with Gasteiger partial charge < -0.3 is 14.5 Å². The van der Waals surface area contributed by atoms with Crippen LogP contribution >= 0.6 is 0 Å². The first kappa shape index (κ1) is 17.1. The first-order valence-corrected chi connectivity index (χ1v) is 10.2. The molecule has 4 rings (SSSR count). The predicted octanol–water partition coefficient (Wildman–Crippen LogP) is 2.33. The van der Waals surface area contributed by atoms with E-state index in [4.69, 9.17) is 9.47 Å². The van der Waals surface area contributed by atoms with E-state index in [0.717, 1.165) is 36.0 Å². The van der Waals surface area contributed by atoms with Crippen molar-refractivity contribution in [2.75, 3.05) is 19.5 Å². The monoisotopic (exact) mass is 373 g/mol. The van der Waals surface area contributed by atoms with Crippen LogP contribution in [-0.4, -0.2) is 48.9 Å². The van der Waals surface area contributed by atoms with Gasteiger partial charge in [0.05, 0.1) is 24.8 Å². The molecule has 1 aliphatic rings. The maximum Gasteiger partial charge on any atom is 0.227 e. The Morgan fingerprint density at radius 2 is 2.19 bits per heavy atom. The van der Waals surface area contributed by atoms with Crippen LogP contribution in [0.15, 0.2) is 41.7 Å². The van der Waals surface area contributed by atoms with Gasteiger partial charge in [0, 0.05) is 24.6 Å². The fraction of sp³-hybridized carbons (Fsp3) is 0.333. The van der Waals surface area contributed by atoms with E-state index in [0.29, 0.717) is 24.4 Å². The summed E-state index contributed by atoms with van der Waals surface area (Å²) in [6, 6.07) is 9.88. The Bertz CT molecular complexity index is 1040. The molecule has 1 atom stereocenters. The van der Waals surface area contributed by atoms with E-state index in [1.54, 1.807) is 6.20 Å². The molecule has 3 heterocycles. The van der Waals surface area contributed by atoms with Crippen molar-refractivity contribution < 1.29 is 17.9 Å². The minimum absolute atomic E-state index is 0.0712. The van der Waals surface area contributed by atoms with E-state index in [-0.39, 0.29) is 11.3 Å². The highest BCUT2D eigenvalue weighted by atomic mass is 32.2. The summed E-state index contributed by atoms with van der Waals surface area (Å²) in [5.74, 6) is 0. The van der Waals surface area contributed by atoms with Gasteiger partial charge >= 0.3 is 0 Å². The fourth-order valence-electron chi connectivity index (χ4n) is 2.91. The molecule has 1 unspecified atom stereocenters. The van der Waals surface area contributed by atoms with Gasteiger partial charge in [0.2, 0.25) is 15.0 Å². The summed E-state index contributed by atoms with van der Waals surface area (Å²) >= 11 is 0. The summed E-state index contributed by atoms with van der Waals surface area (Å²) in [5.41, 5.74) is 3.91. The molecule has 8 heteroatoms. The van der Waals surface area contributed by atoms with Crippen molar-refractivity contribution in [2.45, 2.75) is 24.3 Å². The minimum Gasteiger partial charge on any atom is -0.379 e. The molecule has 1 aromatic carbocycles. The van der Waals surface area contributed by atoms with E-state index >= 15 is 0 Å². The van der Waals surface area contributed by atoms with E-state index in [1.807, 2.05) is 30.3 Å². The minimum atomic E-state index is -3.40. The molecule has 26 heavy (non-hydrogen) atoms. The normalized spacial score (nSPS) is 17.8. The number of hydrogen-bond donors (Lipinski definition) is 1. The molecule has 0 radical (unpaired) electrons. The molecule has 7 nitrogen and oxygen atoms in total. The van der Waals surface area contributed by atoms with Crippen LogP contribution in [0, 0.1) is 0 Å². The maximum atomic E-state index is 11.6. The number of sulfone groups is 1. The van der Waals surface area contributed by atoms with Gasteiger partial charge in [-0.2, -0.15) is 4.98 Å². The molecule has 1 N–H and O–H groups in total. The lowest BCUT2D eigenvalue weighted by Gasteiger charge is -2.10. The summed E-state index contributed by atoms with van der Waals surface area (Å²) in [6.45, 7) is 1.94. The molecule has 136 valence electrons. The Morgan fingerprint density at radius 1 is 1.31 bits per heavy atom. The number of aromatic amines is 1. The summed E-state index contributed by atoms with van der Waals surface area (Å²) < 4.78 is 34.5.